The summed E-state index contributed by atoms with van der Waals surface area (Å²) in [7, 11) is -3.44. The van der Waals surface area contributed by atoms with E-state index in [0.717, 1.165) is 18.4 Å². The molecule has 0 aromatic heterocycles. The van der Waals surface area contributed by atoms with Crippen LogP contribution in [0.3, 0.4) is 0 Å². The number of nitrogens with zero attached hydrogens (tertiary/aromatic N) is 1. The zero-order valence-corrected chi connectivity index (χ0v) is 12.7. The molecule has 0 bridgehead atoms. The van der Waals surface area contributed by atoms with Crippen LogP contribution in [-0.2, 0) is 10.0 Å². The topological polar surface area (TPSA) is 63.4 Å². The van der Waals surface area contributed by atoms with Crippen molar-refractivity contribution in [3.05, 3.63) is 28.2 Å². The van der Waals surface area contributed by atoms with Crippen LogP contribution < -0.4 is 5.73 Å². The Morgan fingerprint density at radius 1 is 1.50 bits per heavy atom. The van der Waals surface area contributed by atoms with Crippen molar-refractivity contribution in [1.82, 2.24) is 4.31 Å². The zero-order valence-electron chi connectivity index (χ0n) is 10.3. The SMILES string of the molecule is Cc1ccc(S(=O)(=O)N2CCC[C@@H]2CN)c(Br)c1. The van der Waals surface area contributed by atoms with Crippen molar-refractivity contribution < 1.29 is 8.42 Å². The molecule has 1 atom stereocenters. The molecule has 1 fully saturated rings. The summed E-state index contributed by atoms with van der Waals surface area (Å²) < 4.78 is 27.3. The second-order valence-corrected chi connectivity index (χ2v) is 7.29. The standard InChI is InChI=1S/C12H17BrN2O2S/c1-9-4-5-12(11(13)7-9)18(16,17)15-6-2-3-10(15)8-14/h4-5,7,10H,2-3,6,8,14H2,1H3/t10-/m1/s1. The van der Waals surface area contributed by atoms with Crippen LogP contribution in [0.2, 0.25) is 0 Å². The van der Waals surface area contributed by atoms with Crippen LogP contribution in [0.4, 0.5) is 0 Å². The number of halogens is 1. The molecule has 0 unspecified atom stereocenters. The van der Waals surface area contributed by atoms with Crippen LogP contribution in [0.25, 0.3) is 0 Å². The maximum absolute atomic E-state index is 12.6. The quantitative estimate of drug-likeness (QED) is 0.918. The zero-order chi connectivity index (χ0) is 13.3. The second-order valence-electron chi connectivity index (χ2n) is 4.58. The van der Waals surface area contributed by atoms with E-state index < -0.39 is 10.0 Å². The fourth-order valence-electron chi connectivity index (χ4n) is 2.30. The van der Waals surface area contributed by atoms with Gasteiger partial charge in [-0.05, 0) is 53.4 Å². The molecular weight excluding hydrogens is 316 g/mol. The first-order valence-electron chi connectivity index (χ1n) is 5.95. The molecule has 1 saturated heterocycles. The first-order valence-corrected chi connectivity index (χ1v) is 8.18. The maximum Gasteiger partial charge on any atom is 0.244 e. The van der Waals surface area contributed by atoms with Crippen LogP contribution in [0.1, 0.15) is 18.4 Å². The van der Waals surface area contributed by atoms with Gasteiger partial charge >= 0.3 is 0 Å². The fourth-order valence-corrected chi connectivity index (χ4v) is 5.16. The van der Waals surface area contributed by atoms with Crippen molar-refractivity contribution in [1.29, 1.82) is 0 Å². The average molecular weight is 333 g/mol. The Hall–Kier alpha value is -0.430. The first kappa shape index (κ1) is 14.0. The predicted molar refractivity (Wildman–Crippen MR) is 74.8 cm³/mol. The van der Waals surface area contributed by atoms with Crippen LogP contribution >= 0.6 is 15.9 Å². The highest BCUT2D eigenvalue weighted by Gasteiger charge is 2.35. The largest absolute Gasteiger partial charge is 0.329 e. The summed E-state index contributed by atoms with van der Waals surface area (Å²) in [5, 5.41) is 0. The molecule has 1 aromatic carbocycles. The highest BCUT2D eigenvalue weighted by atomic mass is 79.9. The van der Waals surface area contributed by atoms with Crippen molar-refractivity contribution in [3.8, 4) is 0 Å². The lowest BCUT2D eigenvalue weighted by Gasteiger charge is -2.23. The maximum atomic E-state index is 12.6. The Morgan fingerprint density at radius 2 is 2.22 bits per heavy atom. The van der Waals surface area contributed by atoms with Crippen molar-refractivity contribution in [2.45, 2.75) is 30.7 Å². The Kier molecular flexibility index (Phi) is 4.11. The summed E-state index contributed by atoms with van der Waals surface area (Å²) in [4.78, 5) is 0.327. The van der Waals surface area contributed by atoms with Gasteiger partial charge in [0.15, 0.2) is 0 Å². The van der Waals surface area contributed by atoms with Crippen LogP contribution in [0.15, 0.2) is 27.6 Å². The molecule has 0 radical (unpaired) electrons. The summed E-state index contributed by atoms with van der Waals surface area (Å²) in [5.74, 6) is 0. The molecule has 0 aliphatic carbocycles. The van der Waals surface area contributed by atoms with E-state index in [1.54, 1.807) is 6.07 Å². The third-order valence-corrected chi connectivity index (χ3v) is 6.20. The number of hydrogen-bond donors (Lipinski definition) is 1. The van der Waals surface area contributed by atoms with Crippen molar-refractivity contribution in [2.24, 2.45) is 5.73 Å². The normalized spacial score (nSPS) is 21.4. The van der Waals surface area contributed by atoms with Gasteiger partial charge < -0.3 is 5.73 Å². The third-order valence-electron chi connectivity index (χ3n) is 3.27. The van der Waals surface area contributed by atoms with E-state index in [4.69, 9.17) is 5.73 Å². The minimum atomic E-state index is -3.44. The van der Waals surface area contributed by atoms with Crippen LogP contribution in [-0.4, -0.2) is 31.9 Å². The Labute approximate surface area is 116 Å². The molecule has 4 nitrogen and oxygen atoms in total. The molecular formula is C12H17BrN2O2S. The third kappa shape index (κ3) is 2.47. The number of nitrogens with two attached hydrogens (primary N) is 1. The number of rotatable bonds is 3. The lowest BCUT2D eigenvalue weighted by Crippen LogP contribution is -2.39. The van der Waals surface area contributed by atoms with Crippen molar-refractivity contribution >= 4 is 26.0 Å². The van der Waals surface area contributed by atoms with Crippen molar-refractivity contribution in [3.63, 3.8) is 0 Å². The molecule has 1 heterocycles. The highest BCUT2D eigenvalue weighted by Crippen LogP contribution is 2.30. The van der Waals surface area contributed by atoms with E-state index in [2.05, 4.69) is 15.9 Å². The molecule has 2 N–H and O–H groups in total. The van der Waals surface area contributed by atoms with E-state index >= 15 is 0 Å². The monoisotopic (exact) mass is 332 g/mol. The molecule has 1 aliphatic rings. The molecule has 0 spiro atoms. The van der Waals surface area contributed by atoms with Gasteiger partial charge in [-0.15, -0.1) is 0 Å². The van der Waals surface area contributed by atoms with E-state index in [-0.39, 0.29) is 6.04 Å². The summed E-state index contributed by atoms with van der Waals surface area (Å²) in [5.41, 5.74) is 6.67. The Balaban J connectivity index is 2.42. The predicted octanol–water partition coefficient (Wildman–Crippen LogP) is 1.87. The van der Waals surface area contributed by atoms with Gasteiger partial charge in [0.25, 0.3) is 0 Å². The summed E-state index contributed by atoms with van der Waals surface area (Å²) in [6.45, 7) is 2.87. The van der Waals surface area contributed by atoms with Gasteiger partial charge in [-0.2, -0.15) is 4.31 Å². The number of sulfonamides is 1. The van der Waals surface area contributed by atoms with E-state index in [1.807, 2.05) is 19.1 Å². The minimum Gasteiger partial charge on any atom is -0.329 e. The number of aryl methyl sites for hydroxylation is 1. The molecule has 1 aromatic rings. The lowest BCUT2D eigenvalue weighted by molar-refractivity contribution is 0.393. The van der Waals surface area contributed by atoms with Crippen LogP contribution in [0, 0.1) is 6.92 Å². The molecule has 6 heteroatoms. The fraction of sp³-hybridized carbons (Fsp3) is 0.500. The average Bonchev–Trinajstić information content (AvgIpc) is 2.76. The second kappa shape index (κ2) is 5.28. The summed E-state index contributed by atoms with van der Waals surface area (Å²) >= 11 is 3.33. The minimum absolute atomic E-state index is 0.0665. The van der Waals surface area contributed by atoms with Gasteiger partial charge in [0.1, 0.15) is 0 Å². The molecule has 18 heavy (non-hydrogen) atoms. The molecule has 100 valence electrons. The Morgan fingerprint density at radius 3 is 2.83 bits per heavy atom. The smallest absolute Gasteiger partial charge is 0.244 e. The van der Waals surface area contributed by atoms with Gasteiger partial charge in [-0.1, -0.05) is 6.07 Å². The van der Waals surface area contributed by atoms with Gasteiger partial charge in [0, 0.05) is 23.6 Å². The summed E-state index contributed by atoms with van der Waals surface area (Å²) in [6, 6.07) is 5.22. The van der Waals surface area contributed by atoms with E-state index in [1.165, 1.54) is 4.31 Å². The first-order chi connectivity index (χ1) is 8.46. The van der Waals surface area contributed by atoms with Crippen LogP contribution in [0.5, 0.6) is 0 Å². The molecule has 0 saturated carbocycles. The van der Waals surface area contributed by atoms with Gasteiger partial charge in [-0.25, -0.2) is 8.42 Å². The number of benzene rings is 1. The molecule has 0 amide bonds. The lowest BCUT2D eigenvalue weighted by atomic mass is 10.2. The van der Waals surface area contributed by atoms with Gasteiger partial charge in [-0.3, -0.25) is 0 Å². The molecule has 2 rings (SSSR count). The van der Waals surface area contributed by atoms with E-state index in [0.29, 0.717) is 22.5 Å². The van der Waals surface area contributed by atoms with Gasteiger partial charge in [0.2, 0.25) is 10.0 Å². The van der Waals surface area contributed by atoms with E-state index in [9.17, 15) is 8.42 Å². The highest BCUT2D eigenvalue weighted by molar-refractivity contribution is 9.10. The molecule has 1 aliphatic heterocycles. The summed E-state index contributed by atoms with van der Waals surface area (Å²) in [6.07, 6.45) is 1.73. The van der Waals surface area contributed by atoms with Crippen molar-refractivity contribution in [2.75, 3.05) is 13.1 Å². The number of hydrogen-bond acceptors (Lipinski definition) is 3. The van der Waals surface area contributed by atoms with Gasteiger partial charge in [0.05, 0.1) is 4.90 Å². The Bertz CT molecular complexity index is 545.